The van der Waals surface area contributed by atoms with Crippen LogP contribution < -0.4 is 11.1 Å². The number of benzene rings is 1. The van der Waals surface area contributed by atoms with E-state index >= 15 is 0 Å². The fraction of sp³-hybridized carbons (Fsp3) is 0.429. The number of likely N-dealkylation sites (N-methyl/N-ethyl adjacent to an activating group) is 1. The van der Waals surface area contributed by atoms with Gasteiger partial charge in [-0.25, -0.2) is 8.42 Å². The number of nitrogens with one attached hydrogen (secondary N) is 1. The first-order chi connectivity index (χ1) is 10.3. The number of primary amides is 1. The van der Waals surface area contributed by atoms with Gasteiger partial charge in [-0.05, 0) is 18.6 Å². The first-order valence-electron chi connectivity index (χ1n) is 6.89. The van der Waals surface area contributed by atoms with Gasteiger partial charge in [0.1, 0.15) is 0 Å². The van der Waals surface area contributed by atoms with Crippen molar-refractivity contribution in [2.45, 2.75) is 12.5 Å². The Kier molecular flexibility index (Phi) is 4.70. The summed E-state index contributed by atoms with van der Waals surface area (Å²) < 4.78 is 22.9. The van der Waals surface area contributed by atoms with Gasteiger partial charge in [0.25, 0.3) is 5.91 Å². The third kappa shape index (κ3) is 3.76. The maximum atomic E-state index is 12.1. The molecule has 1 aromatic carbocycles. The second kappa shape index (κ2) is 6.35. The highest BCUT2D eigenvalue weighted by molar-refractivity contribution is 7.91. The first-order valence-corrected chi connectivity index (χ1v) is 8.71. The predicted octanol–water partition coefficient (Wildman–Crippen LogP) is -0.157. The number of anilines is 1. The van der Waals surface area contributed by atoms with Gasteiger partial charge in [-0.3, -0.25) is 9.59 Å². The zero-order valence-corrected chi connectivity index (χ0v) is 13.1. The average molecular weight is 325 g/mol. The molecule has 0 bridgehead atoms. The molecule has 1 atom stereocenters. The van der Waals surface area contributed by atoms with Crippen LogP contribution in [0.2, 0.25) is 0 Å². The van der Waals surface area contributed by atoms with Crippen LogP contribution in [0.3, 0.4) is 0 Å². The normalized spacial score (nSPS) is 19.6. The first kappa shape index (κ1) is 16.3. The lowest BCUT2D eigenvalue weighted by molar-refractivity contribution is -0.129. The van der Waals surface area contributed by atoms with Crippen molar-refractivity contribution in [3.8, 4) is 0 Å². The monoisotopic (exact) mass is 325 g/mol. The molecule has 8 heteroatoms. The molecule has 1 heterocycles. The van der Waals surface area contributed by atoms with Gasteiger partial charge in [-0.1, -0.05) is 12.1 Å². The van der Waals surface area contributed by atoms with Crippen molar-refractivity contribution in [3.05, 3.63) is 29.8 Å². The van der Waals surface area contributed by atoms with E-state index in [0.29, 0.717) is 17.7 Å². The van der Waals surface area contributed by atoms with Crippen molar-refractivity contribution >= 4 is 27.3 Å². The molecule has 1 fully saturated rings. The fourth-order valence-electron chi connectivity index (χ4n) is 2.43. The van der Waals surface area contributed by atoms with Gasteiger partial charge in [0, 0.05) is 18.8 Å². The number of carbonyl (C=O) groups excluding carboxylic acids is 2. The van der Waals surface area contributed by atoms with E-state index in [0.717, 1.165) is 0 Å². The van der Waals surface area contributed by atoms with E-state index in [-0.39, 0.29) is 30.0 Å². The van der Waals surface area contributed by atoms with E-state index in [1.165, 1.54) is 4.90 Å². The molecule has 2 rings (SSSR count). The molecule has 0 spiro atoms. The molecule has 22 heavy (non-hydrogen) atoms. The van der Waals surface area contributed by atoms with E-state index in [1.807, 2.05) is 0 Å². The van der Waals surface area contributed by atoms with Crippen molar-refractivity contribution in [2.75, 3.05) is 30.4 Å². The van der Waals surface area contributed by atoms with E-state index in [2.05, 4.69) is 5.32 Å². The Bertz CT molecular complexity index is 687. The number of hydrogen-bond donors (Lipinski definition) is 2. The van der Waals surface area contributed by atoms with Crippen LogP contribution in [0.5, 0.6) is 0 Å². The summed E-state index contributed by atoms with van der Waals surface area (Å²) in [4.78, 5) is 24.9. The maximum Gasteiger partial charge on any atom is 0.250 e. The van der Waals surface area contributed by atoms with Crippen molar-refractivity contribution < 1.29 is 18.0 Å². The van der Waals surface area contributed by atoms with E-state index in [9.17, 15) is 18.0 Å². The SMILES string of the molecule is CN(C(=O)CNc1ccccc1C(N)=O)C1CCS(=O)(=O)C1. The Morgan fingerprint density at radius 3 is 2.64 bits per heavy atom. The van der Waals surface area contributed by atoms with Crippen molar-refractivity contribution in [2.24, 2.45) is 5.73 Å². The summed E-state index contributed by atoms with van der Waals surface area (Å²) in [7, 11) is -1.44. The molecule has 1 aliphatic rings. The highest BCUT2D eigenvalue weighted by Crippen LogP contribution is 2.17. The largest absolute Gasteiger partial charge is 0.376 e. The van der Waals surface area contributed by atoms with Gasteiger partial charge in [-0.15, -0.1) is 0 Å². The second-order valence-electron chi connectivity index (χ2n) is 5.32. The van der Waals surface area contributed by atoms with Gasteiger partial charge >= 0.3 is 0 Å². The van der Waals surface area contributed by atoms with E-state index < -0.39 is 15.7 Å². The number of hydrogen-bond acceptors (Lipinski definition) is 5. The number of rotatable bonds is 5. The maximum absolute atomic E-state index is 12.1. The van der Waals surface area contributed by atoms with Crippen molar-refractivity contribution in [1.82, 2.24) is 4.90 Å². The summed E-state index contributed by atoms with van der Waals surface area (Å²) in [5.41, 5.74) is 6.06. The smallest absolute Gasteiger partial charge is 0.250 e. The van der Waals surface area contributed by atoms with Gasteiger partial charge < -0.3 is 16.0 Å². The molecule has 7 nitrogen and oxygen atoms in total. The Balaban J connectivity index is 1.97. The van der Waals surface area contributed by atoms with Crippen LogP contribution in [-0.4, -0.2) is 56.3 Å². The molecular weight excluding hydrogens is 306 g/mol. The highest BCUT2D eigenvalue weighted by atomic mass is 32.2. The fourth-order valence-corrected chi connectivity index (χ4v) is 4.21. The lowest BCUT2D eigenvalue weighted by atomic mass is 10.1. The number of nitrogens with zero attached hydrogens (tertiary/aromatic N) is 1. The van der Waals surface area contributed by atoms with Crippen molar-refractivity contribution in [1.29, 1.82) is 0 Å². The van der Waals surface area contributed by atoms with Crippen LogP contribution in [0.25, 0.3) is 0 Å². The molecule has 1 aromatic rings. The molecule has 0 aliphatic carbocycles. The Morgan fingerprint density at radius 2 is 2.05 bits per heavy atom. The van der Waals surface area contributed by atoms with Crippen LogP contribution in [0.1, 0.15) is 16.8 Å². The van der Waals surface area contributed by atoms with Crippen molar-refractivity contribution in [3.63, 3.8) is 0 Å². The predicted molar refractivity (Wildman–Crippen MR) is 83.3 cm³/mol. The summed E-state index contributed by atoms with van der Waals surface area (Å²) in [6.45, 7) is -0.0304. The summed E-state index contributed by atoms with van der Waals surface area (Å²) in [6, 6.07) is 6.36. The third-order valence-electron chi connectivity index (χ3n) is 3.77. The Labute approximate surface area is 129 Å². The summed E-state index contributed by atoms with van der Waals surface area (Å²) in [5.74, 6) is -0.687. The number of carbonyl (C=O) groups is 2. The molecule has 1 saturated heterocycles. The lowest BCUT2D eigenvalue weighted by Crippen LogP contribution is -2.41. The van der Waals surface area contributed by atoms with E-state index in [4.69, 9.17) is 5.73 Å². The molecule has 120 valence electrons. The molecule has 1 unspecified atom stereocenters. The summed E-state index contributed by atoms with van der Waals surface area (Å²) >= 11 is 0. The zero-order valence-electron chi connectivity index (χ0n) is 12.3. The summed E-state index contributed by atoms with van der Waals surface area (Å²) in [6.07, 6.45) is 0.461. The third-order valence-corrected chi connectivity index (χ3v) is 5.52. The molecule has 0 radical (unpaired) electrons. The molecule has 1 aliphatic heterocycles. The molecular formula is C14H19N3O4S. The Hall–Kier alpha value is -2.09. The molecule has 0 aromatic heterocycles. The minimum absolute atomic E-state index is 0.00706. The number of amides is 2. The number of para-hydroxylation sites is 1. The van der Waals surface area contributed by atoms with Crippen LogP contribution in [0, 0.1) is 0 Å². The van der Waals surface area contributed by atoms with Gasteiger partial charge in [0.15, 0.2) is 9.84 Å². The average Bonchev–Trinajstić information content (AvgIpc) is 2.84. The lowest BCUT2D eigenvalue weighted by Gasteiger charge is -2.24. The number of sulfone groups is 1. The quantitative estimate of drug-likeness (QED) is 0.782. The number of nitrogens with two attached hydrogens (primary N) is 1. The highest BCUT2D eigenvalue weighted by Gasteiger charge is 2.32. The van der Waals surface area contributed by atoms with Gasteiger partial charge in [-0.2, -0.15) is 0 Å². The standard InChI is InChI=1S/C14H19N3O4S/c1-17(10-6-7-22(20,21)9-10)13(18)8-16-12-5-3-2-4-11(12)14(15)19/h2-5,10,16H,6-9H2,1H3,(H2,15,19). The molecule has 2 amide bonds. The topological polar surface area (TPSA) is 110 Å². The van der Waals surface area contributed by atoms with E-state index in [1.54, 1.807) is 31.3 Å². The van der Waals surface area contributed by atoms with Gasteiger partial charge in [0.05, 0.1) is 23.6 Å². The molecule has 3 N–H and O–H groups in total. The molecule has 0 saturated carbocycles. The van der Waals surface area contributed by atoms with Crippen LogP contribution >= 0.6 is 0 Å². The van der Waals surface area contributed by atoms with Crippen LogP contribution in [-0.2, 0) is 14.6 Å². The second-order valence-corrected chi connectivity index (χ2v) is 7.55. The van der Waals surface area contributed by atoms with Crippen LogP contribution in [0.4, 0.5) is 5.69 Å². The minimum Gasteiger partial charge on any atom is -0.376 e. The minimum atomic E-state index is -3.03. The Morgan fingerprint density at radius 1 is 1.36 bits per heavy atom. The van der Waals surface area contributed by atoms with Crippen LogP contribution in [0.15, 0.2) is 24.3 Å². The zero-order chi connectivity index (χ0) is 16.3. The van der Waals surface area contributed by atoms with Gasteiger partial charge in [0.2, 0.25) is 5.91 Å². The summed E-state index contributed by atoms with van der Waals surface area (Å²) in [5, 5.41) is 2.88.